The van der Waals surface area contributed by atoms with Crippen molar-refractivity contribution in [3.05, 3.63) is 35.4 Å². The molecule has 0 aliphatic heterocycles. The summed E-state index contributed by atoms with van der Waals surface area (Å²) < 4.78 is 0. The number of hydrogen-bond acceptors (Lipinski definition) is 2. The third kappa shape index (κ3) is 3.38. The Hall–Kier alpha value is -1.84. The number of hydrogen-bond donors (Lipinski definition) is 2. The van der Waals surface area contributed by atoms with Crippen molar-refractivity contribution in [1.82, 2.24) is 5.43 Å². The van der Waals surface area contributed by atoms with E-state index < -0.39 is 6.03 Å². The molecule has 0 aromatic heterocycles. The summed E-state index contributed by atoms with van der Waals surface area (Å²) in [5, 5.41) is 3.86. The first-order valence-electron chi connectivity index (χ1n) is 5.20. The Kier molecular flexibility index (Phi) is 4.05. The van der Waals surface area contributed by atoms with Crippen LogP contribution in [-0.4, -0.2) is 11.7 Å². The largest absolute Gasteiger partial charge is 0.350 e. The van der Waals surface area contributed by atoms with Gasteiger partial charge in [-0.2, -0.15) is 5.10 Å². The van der Waals surface area contributed by atoms with Gasteiger partial charge in [-0.05, 0) is 24.0 Å². The van der Waals surface area contributed by atoms with Gasteiger partial charge < -0.3 is 5.73 Å². The van der Waals surface area contributed by atoms with Gasteiger partial charge in [-0.1, -0.05) is 38.1 Å². The predicted octanol–water partition coefficient (Wildman–Crippen LogP) is 2.20. The lowest BCUT2D eigenvalue weighted by Crippen LogP contribution is -2.25. The van der Waals surface area contributed by atoms with Crippen LogP contribution in [0.5, 0.6) is 0 Å². The molecule has 0 saturated heterocycles. The molecule has 4 nitrogen and oxygen atoms in total. The molecule has 4 heteroatoms. The van der Waals surface area contributed by atoms with Crippen LogP contribution in [-0.2, 0) is 0 Å². The molecule has 0 aliphatic rings. The number of nitrogens with zero attached hydrogens (tertiary/aromatic N) is 1. The van der Waals surface area contributed by atoms with E-state index in [1.807, 2.05) is 19.1 Å². The van der Waals surface area contributed by atoms with E-state index in [4.69, 9.17) is 5.73 Å². The van der Waals surface area contributed by atoms with Gasteiger partial charge in [-0.25, -0.2) is 10.2 Å². The molecule has 0 spiro atoms. The SMILES string of the molecule is C/C(=N/NC(N)=O)c1ccc(C(C)C)cc1. The number of nitrogens with one attached hydrogen (secondary N) is 1. The summed E-state index contributed by atoms with van der Waals surface area (Å²) in [6.07, 6.45) is 0. The zero-order valence-electron chi connectivity index (χ0n) is 9.82. The van der Waals surface area contributed by atoms with E-state index in [-0.39, 0.29) is 0 Å². The van der Waals surface area contributed by atoms with Crippen LogP contribution in [0.15, 0.2) is 29.4 Å². The molecular weight excluding hydrogens is 202 g/mol. The van der Waals surface area contributed by atoms with E-state index >= 15 is 0 Å². The Balaban J connectivity index is 2.81. The maximum Gasteiger partial charge on any atom is 0.332 e. The van der Waals surface area contributed by atoms with Crippen molar-refractivity contribution in [3.8, 4) is 0 Å². The molecule has 0 atom stereocenters. The quantitative estimate of drug-likeness (QED) is 0.594. The number of primary amides is 1. The number of benzene rings is 1. The number of hydrazone groups is 1. The van der Waals surface area contributed by atoms with Crippen LogP contribution in [0.3, 0.4) is 0 Å². The van der Waals surface area contributed by atoms with Crippen LogP contribution in [0.1, 0.15) is 37.8 Å². The molecule has 1 aromatic carbocycles. The summed E-state index contributed by atoms with van der Waals surface area (Å²) >= 11 is 0. The Labute approximate surface area is 95.5 Å². The van der Waals surface area contributed by atoms with Crippen LogP contribution < -0.4 is 11.2 Å². The average Bonchev–Trinajstić information content (AvgIpc) is 2.26. The fourth-order valence-corrected chi connectivity index (χ4v) is 1.31. The summed E-state index contributed by atoms with van der Waals surface area (Å²) in [6.45, 7) is 6.11. The van der Waals surface area contributed by atoms with Crippen LogP contribution in [0.25, 0.3) is 0 Å². The molecule has 3 N–H and O–H groups in total. The normalized spacial score (nSPS) is 11.6. The second-order valence-electron chi connectivity index (χ2n) is 3.95. The molecule has 0 heterocycles. The fraction of sp³-hybridized carbons (Fsp3) is 0.333. The van der Waals surface area contributed by atoms with Crippen LogP contribution in [0.2, 0.25) is 0 Å². The molecule has 0 aliphatic carbocycles. The molecule has 0 unspecified atom stereocenters. The van der Waals surface area contributed by atoms with Crippen LogP contribution >= 0.6 is 0 Å². The molecule has 16 heavy (non-hydrogen) atoms. The van der Waals surface area contributed by atoms with Crippen molar-refractivity contribution >= 4 is 11.7 Å². The number of urea groups is 1. The first-order valence-corrected chi connectivity index (χ1v) is 5.20. The van der Waals surface area contributed by atoms with Gasteiger partial charge >= 0.3 is 6.03 Å². The van der Waals surface area contributed by atoms with E-state index in [1.165, 1.54) is 5.56 Å². The van der Waals surface area contributed by atoms with Gasteiger partial charge in [0.2, 0.25) is 0 Å². The zero-order chi connectivity index (χ0) is 12.1. The molecule has 1 rings (SSSR count). The monoisotopic (exact) mass is 219 g/mol. The lowest BCUT2D eigenvalue weighted by molar-refractivity contribution is 0.249. The molecule has 0 fully saturated rings. The van der Waals surface area contributed by atoms with Gasteiger partial charge in [0.15, 0.2) is 0 Å². The summed E-state index contributed by atoms with van der Waals surface area (Å²) in [5.41, 5.74) is 10.1. The second kappa shape index (κ2) is 5.30. The molecular formula is C12H17N3O. The Morgan fingerprint density at radius 1 is 1.31 bits per heavy atom. The fourth-order valence-electron chi connectivity index (χ4n) is 1.31. The summed E-state index contributed by atoms with van der Waals surface area (Å²) in [4.78, 5) is 10.5. The van der Waals surface area contributed by atoms with Crippen LogP contribution in [0, 0.1) is 0 Å². The number of rotatable bonds is 3. The molecule has 0 saturated carbocycles. The van der Waals surface area contributed by atoms with Crippen molar-refractivity contribution in [3.63, 3.8) is 0 Å². The molecule has 1 aromatic rings. The zero-order valence-corrected chi connectivity index (χ0v) is 9.82. The van der Waals surface area contributed by atoms with Gasteiger partial charge in [0.25, 0.3) is 0 Å². The standard InChI is InChI=1S/C12H17N3O/c1-8(2)10-4-6-11(7-5-10)9(3)14-15-12(13)16/h4-8H,1-3H3,(H3,13,15,16)/b14-9-. The number of nitrogens with two attached hydrogens (primary N) is 1. The highest BCUT2D eigenvalue weighted by molar-refractivity contribution is 5.99. The van der Waals surface area contributed by atoms with Crippen molar-refractivity contribution in [2.45, 2.75) is 26.7 Å². The minimum absolute atomic E-state index is 0.509. The minimum atomic E-state index is -0.654. The average molecular weight is 219 g/mol. The van der Waals surface area contributed by atoms with Crippen molar-refractivity contribution in [1.29, 1.82) is 0 Å². The van der Waals surface area contributed by atoms with E-state index in [2.05, 4.69) is 36.5 Å². The highest BCUT2D eigenvalue weighted by Gasteiger charge is 2.01. The summed E-state index contributed by atoms with van der Waals surface area (Å²) in [6, 6.07) is 7.43. The lowest BCUT2D eigenvalue weighted by Gasteiger charge is -2.06. The topological polar surface area (TPSA) is 67.5 Å². The summed E-state index contributed by atoms with van der Waals surface area (Å²) in [5.74, 6) is 0.509. The van der Waals surface area contributed by atoms with Gasteiger partial charge in [-0.15, -0.1) is 0 Å². The third-order valence-corrected chi connectivity index (χ3v) is 2.33. The van der Waals surface area contributed by atoms with E-state index in [0.717, 1.165) is 11.3 Å². The van der Waals surface area contributed by atoms with Crippen molar-refractivity contribution in [2.75, 3.05) is 0 Å². The van der Waals surface area contributed by atoms with Gasteiger partial charge in [-0.3, -0.25) is 0 Å². The minimum Gasteiger partial charge on any atom is -0.350 e. The van der Waals surface area contributed by atoms with Crippen molar-refractivity contribution < 1.29 is 4.79 Å². The Morgan fingerprint density at radius 2 is 1.88 bits per heavy atom. The summed E-state index contributed by atoms with van der Waals surface area (Å²) in [7, 11) is 0. The molecule has 2 amide bonds. The first-order chi connectivity index (χ1) is 7.50. The maximum atomic E-state index is 10.5. The Morgan fingerprint density at radius 3 is 2.31 bits per heavy atom. The highest BCUT2D eigenvalue weighted by atomic mass is 16.2. The Bertz CT molecular complexity index is 393. The molecule has 0 radical (unpaired) electrons. The van der Waals surface area contributed by atoms with Crippen LogP contribution in [0.4, 0.5) is 4.79 Å². The number of carbonyl (C=O) groups excluding carboxylic acids is 1. The van der Waals surface area contributed by atoms with Gasteiger partial charge in [0, 0.05) is 0 Å². The van der Waals surface area contributed by atoms with Crippen molar-refractivity contribution in [2.24, 2.45) is 10.8 Å². The lowest BCUT2D eigenvalue weighted by atomic mass is 10.0. The maximum absolute atomic E-state index is 10.5. The van der Waals surface area contributed by atoms with E-state index in [9.17, 15) is 4.79 Å². The van der Waals surface area contributed by atoms with E-state index in [0.29, 0.717) is 5.92 Å². The van der Waals surface area contributed by atoms with Gasteiger partial charge in [0.1, 0.15) is 0 Å². The predicted molar refractivity (Wildman–Crippen MR) is 65.5 cm³/mol. The van der Waals surface area contributed by atoms with E-state index in [1.54, 1.807) is 0 Å². The molecule has 0 bridgehead atoms. The van der Waals surface area contributed by atoms with Gasteiger partial charge in [0.05, 0.1) is 5.71 Å². The molecule has 86 valence electrons. The second-order valence-corrected chi connectivity index (χ2v) is 3.95. The highest BCUT2D eigenvalue weighted by Crippen LogP contribution is 2.14. The first kappa shape index (κ1) is 12.2. The number of amides is 2. The number of carbonyl (C=O) groups is 1. The third-order valence-electron chi connectivity index (χ3n) is 2.33. The smallest absolute Gasteiger partial charge is 0.332 e.